The van der Waals surface area contributed by atoms with Crippen LogP contribution in [-0.2, 0) is 6.42 Å². The molecular formula is C18H23ClN2. The summed E-state index contributed by atoms with van der Waals surface area (Å²) in [6.45, 7) is 4.71. The van der Waals surface area contributed by atoms with Gasteiger partial charge < -0.3 is 4.98 Å². The molecule has 0 aliphatic carbocycles. The largest absolute Gasteiger partial charge is 0.357 e. The molecule has 0 radical (unpaired) electrons. The van der Waals surface area contributed by atoms with Crippen molar-refractivity contribution in [3.05, 3.63) is 35.5 Å². The topological polar surface area (TPSA) is 19.0 Å². The van der Waals surface area contributed by atoms with Gasteiger partial charge in [0.2, 0.25) is 0 Å². The molecule has 0 amide bonds. The zero-order valence-corrected chi connectivity index (χ0v) is 13.4. The summed E-state index contributed by atoms with van der Waals surface area (Å²) in [5.74, 6) is 0.763. The summed E-state index contributed by atoms with van der Waals surface area (Å²) >= 11 is 6.48. The number of H-pyrrole nitrogens is 1. The number of aromatic amines is 1. The van der Waals surface area contributed by atoms with Crippen LogP contribution in [0, 0.1) is 5.41 Å². The third kappa shape index (κ3) is 1.89. The molecule has 3 heteroatoms. The lowest BCUT2D eigenvalue weighted by Gasteiger charge is -2.51. The molecule has 1 aromatic heterocycles. The van der Waals surface area contributed by atoms with Crippen LogP contribution in [0.5, 0.6) is 0 Å². The Balaban J connectivity index is 1.91. The number of hydrogen-bond acceptors (Lipinski definition) is 1. The van der Waals surface area contributed by atoms with Crippen molar-refractivity contribution >= 4 is 22.5 Å². The monoisotopic (exact) mass is 302 g/mol. The first kappa shape index (κ1) is 13.7. The van der Waals surface area contributed by atoms with Gasteiger partial charge in [0, 0.05) is 34.4 Å². The van der Waals surface area contributed by atoms with Gasteiger partial charge in [-0.15, -0.1) is 11.6 Å². The van der Waals surface area contributed by atoms with Gasteiger partial charge in [-0.25, -0.2) is 0 Å². The normalized spacial score (nSPS) is 29.3. The number of nitrogens with zero attached hydrogens (tertiary/aromatic N) is 1. The standard InChI is InChI=1S/C18H23ClN2/c1-2-18(12-19)9-5-10-21-11-8-14-13-6-3-4-7-15(13)20-16(14)17(18)21/h3-4,6-7,17,20H,2,5,8-12H2,1H3/t17-,18+/m1/s1. The molecule has 1 N–H and O–H groups in total. The second kappa shape index (κ2) is 5.03. The average Bonchev–Trinajstić information content (AvgIpc) is 2.92. The van der Waals surface area contributed by atoms with Gasteiger partial charge in [-0.3, -0.25) is 4.90 Å². The minimum absolute atomic E-state index is 0.232. The fraction of sp³-hybridized carbons (Fsp3) is 0.556. The van der Waals surface area contributed by atoms with E-state index < -0.39 is 0 Å². The van der Waals surface area contributed by atoms with E-state index in [4.69, 9.17) is 11.6 Å². The fourth-order valence-corrected chi connectivity index (χ4v) is 5.07. The van der Waals surface area contributed by atoms with Gasteiger partial charge in [0.05, 0.1) is 6.04 Å². The van der Waals surface area contributed by atoms with Crippen molar-refractivity contribution in [2.75, 3.05) is 19.0 Å². The third-order valence-corrected chi connectivity index (χ3v) is 6.34. The summed E-state index contributed by atoms with van der Waals surface area (Å²) in [5, 5.41) is 1.41. The maximum absolute atomic E-state index is 6.48. The highest BCUT2D eigenvalue weighted by Crippen LogP contribution is 2.51. The molecule has 2 aromatic rings. The Labute approximate surface area is 131 Å². The van der Waals surface area contributed by atoms with Gasteiger partial charge in [-0.2, -0.15) is 0 Å². The Morgan fingerprint density at radius 1 is 1.33 bits per heavy atom. The Morgan fingerprint density at radius 3 is 3.00 bits per heavy atom. The number of aromatic nitrogens is 1. The molecule has 2 aliphatic rings. The molecule has 4 rings (SSSR count). The molecular weight excluding hydrogens is 280 g/mol. The van der Waals surface area contributed by atoms with E-state index in [1.807, 2.05) is 0 Å². The summed E-state index contributed by atoms with van der Waals surface area (Å²) in [7, 11) is 0. The summed E-state index contributed by atoms with van der Waals surface area (Å²) in [6, 6.07) is 9.22. The SMILES string of the molecule is CC[C@@]1(CCl)CCCN2CCc3c([nH]c4ccccc34)[C@@H]21. The maximum atomic E-state index is 6.48. The smallest absolute Gasteiger partial charge is 0.0569 e. The number of nitrogens with one attached hydrogen (secondary N) is 1. The molecule has 2 aliphatic heterocycles. The molecule has 0 spiro atoms. The van der Waals surface area contributed by atoms with Gasteiger partial charge in [0.25, 0.3) is 0 Å². The molecule has 112 valence electrons. The van der Waals surface area contributed by atoms with Crippen LogP contribution in [0.25, 0.3) is 10.9 Å². The second-order valence-electron chi connectivity index (χ2n) is 6.70. The number of benzene rings is 1. The average molecular weight is 303 g/mol. The van der Waals surface area contributed by atoms with Crippen LogP contribution in [0.3, 0.4) is 0 Å². The van der Waals surface area contributed by atoms with Crippen LogP contribution >= 0.6 is 11.6 Å². The van der Waals surface area contributed by atoms with Crippen LogP contribution in [0.1, 0.15) is 43.5 Å². The van der Waals surface area contributed by atoms with Crippen LogP contribution in [-0.4, -0.2) is 28.9 Å². The molecule has 0 bridgehead atoms. The number of piperidine rings is 1. The minimum Gasteiger partial charge on any atom is -0.357 e. The number of alkyl halides is 1. The van der Waals surface area contributed by atoms with Crippen LogP contribution in [0.15, 0.2) is 24.3 Å². The first-order valence-corrected chi connectivity index (χ1v) is 8.72. The predicted octanol–water partition coefficient (Wildman–Crippen LogP) is 4.50. The number of fused-ring (bicyclic) bond motifs is 5. The molecule has 2 atom stereocenters. The molecule has 1 fully saturated rings. The minimum atomic E-state index is 0.232. The van der Waals surface area contributed by atoms with Crippen LogP contribution < -0.4 is 0 Å². The van der Waals surface area contributed by atoms with Crippen molar-refractivity contribution in [1.82, 2.24) is 9.88 Å². The lowest BCUT2D eigenvalue weighted by Crippen LogP contribution is -2.50. The molecule has 1 saturated heterocycles. The van der Waals surface area contributed by atoms with Gasteiger partial charge in [-0.05, 0) is 43.9 Å². The second-order valence-corrected chi connectivity index (χ2v) is 6.97. The Bertz CT molecular complexity index is 656. The van der Waals surface area contributed by atoms with Crippen LogP contribution in [0.2, 0.25) is 0 Å². The number of hydrogen-bond donors (Lipinski definition) is 1. The summed E-state index contributed by atoms with van der Waals surface area (Å²) < 4.78 is 0. The summed E-state index contributed by atoms with van der Waals surface area (Å²) in [5.41, 5.74) is 4.51. The highest BCUT2D eigenvalue weighted by molar-refractivity contribution is 6.18. The van der Waals surface area contributed by atoms with E-state index in [1.165, 1.54) is 48.1 Å². The van der Waals surface area contributed by atoms with Crippen molar-refractivity contribution < 1.29 is 0 Å². The first-order valence-electron chi connectivity index (χ1n) is 8.18. The van der Waals surface area contributed by atoms with E-state index in [9.17, 15) is 0 Å². The van der Waals surface area contributed by atoms with Gasteiger partial charge >= 0.3 is 0 Å². The fourth-order valence-electron chi connectivity index (χ4n) is 4.60. The summed E-state index contributed by atoms with van der Waals surface area (Å²) in [6.07, 6.45) is 4.86. The Hall–Kier alpha value is -0.990. The predicted molar refractivity (Wildman–Crippen MR) is 89.0 cm³/mol. The van der Waals surface area contributed by atoms with Crippen molar-refractivity contribution in [3.8, 4) is 0 Å². The molecule has 3 heterocycles. The van der Waals surface area contributed by atoms with E-state index in [0.29, 0.717) is 6.04 Å². The van der Waals surface area contributed by atoms with Crippen molar-refractivity contribution in [1.29, 1.82) is 0 Å². The van der Waals surface area contributed by atoms with Crippen molar-refractivity contribution in [2.24, 2.45) is 5.41 Å². The van der Waals surface area contributed by atoms with Gasteiger partial charge in [0.1, 0.15) is 0 Å². The quantitative estimate of drug-likeness (QED) is 0.810. The van der Waals surface area contributed by atoms with Crippen molar-refractivity contribution in [3.63, 3.8) is 0 Å². The van der Waals surface area contributed by atoms with E-state index in [0.717, 1.165) is 18.7 Å². The lowest BCUT2D eigenvalue weighted by atomic mass is 9.69. The van der Waals surface area contributed by atoms with Gasteiger partial charge in [0.15, 0.2) is 0 Å². The molecule has 1 aromatic carbocycles. The molecule has 21 heavy (non-hydrogen) atoms. The molecule has 0 unspecified atom stereocenters. The third-order valence-electron chi connectivity index (χ3n) is 5.80. The van der Waals surface area contributed by atoms with E-state index >= 15 is 0 Å². The lowest BCUT2D eigenvalue weighted by molar-refractivity contribution is 0.0142. The molecule has 0 saturated carbocycles. The highest BCUT2D eigenvalue weighted by atomic mass is 35.5. The first-order chi connectivity index (χ1) is 10.3. The maximum Gasteiger partial charge on any atom is 0.0569 e. The van der Waals surface area contributed by atoms with Gasteiger partial charge in [-0.1, -0.05) is 25.1 Å². The van der Waals surface area contributed by atoms with E-state index in [1.54, 1.807) is 0 Å². The zero-order chi connectivity index (χ0) is 14.4. The Kier molecular flexibility index (Phi) is 3.27. The number of para-hydroxylation sites is 1. The number of rotatable bonds is 2. The molecule has 2 nitrogen and oxygen atoms in total. The van der Waals surface area contributed by atoms with E-state index in [-0.39, 0.29) is 5.41 Å². The number of halogens is 1. The Morgan fingerprint density at radius 2 is 2.19 bits per heavy atom. The summed E-state index contributed by atoms with van der Waals surface area (Å²) in [4.78, 5) is 6.41. The highest BCUT2D eigenvalue weighted by Gasteiger charge is 2.46. The zero-order valence-electron chi connectivity index (χ0n) is 12.7. The van der Waals surface area contributed by atoms with Crippen LogP contribution in [0.4, 0.5) is 0 Å². The van der Waals surface area contributed by atoms with Crippen molar-refractivity contribution in [2.45, 2.75) is 38.6 Å². The van der Waals surface area contributed by atoms with E-state index in [2.05, 4.69) is 41.1 Å².